The predicted molar refractivity (Wildman–Crippen MR) is 68.9 cm³/mol. The number of fused-ring (bicyclic) bond motifs is 1. The number of carbonyl (C=O) groups is 1. The van der Waals surface area contributed by atoms with Gasteiger partial charge in [-0.15, -0.1) is 0 Å². The zero-order valence-electron chi connectivity index (χ0n) is 11.1. The van der Waals surface area contributed by atoms with Gasteiger partial charge in [-0.25, -0.2) is 14.3 Å². The molecule has 20 heavy (non-hydrogen) atoms. The molecule has 1 N–H and O–H groups in total. The highest BCUT2D eigenvalue weighted by Crippen LogP contribution is 2.16. The van der Waals surface area contributed by atoms with Crippen LogP contribution in [0.15, 0.2) is 15.3 Å². The second-order valence-corrected chi connectivity index (χ2v) is 4.96. The molecule has 3 rings (SSSR count). The SMILES string of the molecule is Cc1oc(C(=O)O)cc1Cn1nc2n(c1=O)CCCC2. The summed E-state index contributed by atoms with van der Waals surface area (Å²) in [6.07, 6.45) is 2.85. The smallest absolute Gasteiger partial charge is 0.371 e. The van der Waals surface area contributed by atoms with E-state index in [0.29, 0.717) is 17.9 Å². The molecule has 0 radical (unpaired) electrons. The third-order valence-electron chi connectivity index (χ3n) is 3.58. The first kappa shape index (κ1) is 12.7. The van der Waals surface area contributed by atoms with Crippen LogP contribution in [0.5, 0.6) is 0 Å². The summed E-state index contributed by atoms with van der Waals surface area (Å²) in [7, 11) is 0. The van der Waals surface area contributed by atoms with Crippen LogP contribution in [0.4, 0.5) is 0 Å². The number of carboxylic acid groups (broad SMARTS) is 1. The fourth-order valence-corrected chi connectivity index (χ4v) is 2.50. The Morgan fingerprint density at radius 2 is 2.30 bits per heavy atom. The monoisotopic (exact) mass is 277 g/mol. The summed E-state index contributed by atoms with van der Waals surface area (Å²) in [5, 5.41) is 13.2. The Labute approximate surface area is 114 Å². The van der Waals surface area contributed by atoms with Crippen molar-refractivity contribution in [1.82, 2.24) is 14.3 Å². The summed E-state index contributed by atoms with van der Waals surface area (Å²) in [6, 6.07) is 1.45. The summed E-state index contributed by atoms with van der Waals surface area (Å²) < 4.78 is 8.21. The third kappa shape index (κ3) is 2.04. The molecule has 0 aromatic carbocycles. The van der Waals surface area contributed by atoms with Gasteiger partial charge in [-0.3, -0.25) is 4.57 Å². The highest BCUT2D eigenvalue weighted by molar-refractivity contribution is 5.84. The highest BCUT2D eigenvalue weighted by atomic mass is 16.4. The molecule has 0 spiro atoms. The molecule has 0 unspecified atom stereocenters. The molecule has 0 bridgehead atoms. The molecule has 1 aliphatic rings. The number of rotatable bonds is 3. The van der Waals surface area contributed by atoms with Gasteiger partial charge in [0, 0.05) is 18.5 Å². The van der Waals surface area contributed by atoms with Crippen molar-refractivity contribution in [3.63, 3.8) is 0 Å². The first-order chi connectivity index (χ1) is 9.56. The Kier molecular flexibility index (Phi) is 2.96. The van der Waals surface area contributed by atoms with E-state index in [9.17, 15) is 9.59 Å². The van der Waals surface area contributed by atoms with Gasteiger partial charge in [0.1, 0.15) is 11.6 Å². The minimum atomic E-state index is -1.11. The van der Waals surface area contributed by atoms with E-state index in [4.69, 9.17) is 9.52 Å². The van der Waals surface area contributed by atoms with Gasteiger partial charge in [-0.2, -0.15) is 5.10 Å². The van der Waals surface area contributed by atoms with Gasteiger partial charge in [0.25, 0.3) is 0 Å². The average molecular weight is 277 g/mol. The number of aryl methyl sites for hydroxylation is 2. The van der Waals surface area contributed by atoms with Crippen molar-refractivity contribution in [2.24, 2.45) is 0 Å². The molecule has 0 saturated heterocycles. The van der Waals surface area contributed by atoms with Crippen molar-refractivity contribution in [3.8, 4) is 0 Å². The van der Waals surface area contributed by atoms with Gasteiger partial charge in [-0.05, 0) is 25.8 Å². The van der Waals surface area contributed by atoms with Crippen LogP contribution in [0.2, 0.25) is 0 Å². The van der Waals surface area contributed by atoms with Crippen LogP contribution in [0.1, 0.15) is 40.5 Å². The van der Waals surface area contributed by atoms with E-state index < -0.39 is 5.97 Å². The van der Waals surface area contributed by atoms with Crippen LogP contribution in [0.3, 0.4) is 0 Å². The third-order valence-corrected chi connectivity index (χ3v) is 3.58. The van der Waals surface area contributed by atoms with Crippen LogP contribution < -0.4 is 5.69 Å². The maximum Gasteiger partial charge on any atom is 0.371 e. The summed E-state index contributed by atoms with van der Waals surface area (Å²) in [5.74, 6) is 0.0754. The van der Waals surface area contributed by atoms with Gasteiger partial charge < -0.3 is 9.52 Å². The molecular formula is C13H15N3O4. The van der Waals surface area contributed by atoms with Gasteiger partial charge >= 0.3 is 11.7 Å². The lowest BCUT2D eigenvalue weighted by molar-refractivity contribution is 0.0661. The summed E-state index contributed by atoms with van der Waals surface area (Å²) >= 11 is 0. The zero-order chi connectivity index (χ0) is 14.3. The number of furan rings is 1. The minimum absolute atomic E-state index is 0.116. The lowest BCUT2D eigenvalue weighted by Gasteiger charge is -2.09. The molecule has 0 aliphatic carbocycles. The lowest BCUT2D eigenvalue weighted by atomic mass is 10.2. The quantitative estimate of drug-likeness (QED) is 0.904. The Morgan fingerprint density at radius 3 is 2.95 bits per heavy atom. The second kappa shape index (κ2) is 4.66. The molecule has 0 saturated carbocycles. The van der Waals surface area contributed by atoms with Gasteiger partial charge in [0.2, 0.25) is 5.76 Å². The van der Waals surface area contributed by atoms with Crippen molar-refractivity contribution in [2.75, 3.05) is 0 Å². The molecule has 106 valence electrons. The number of hydrogen-bond donors (Lipinski definition) is 1. The lowest BCUT2D eigenvalue weighted by Crippen LogP contribution is -2.27. The Hall–Kier alpha value is -2.31. The van der Waals surface area contributed by atoms with E-state index in [0.717, 1.165) is 25.1 Å². The summed E-state index contributed by atoms with van der Waals surface area (Å²) in [5.41, 5.74) is 0.525. The van der Waals surface area contributed by atoms with Gasteiger partial charge in [0.05, 0.1) is 6.54 Å². The number of nitrogens with zero attached hydrogens (tertiary/aromatic N) is 3. The predicted octanol–water partition coefficient (Wildman–Crippen LogP) is 1.03. The molecule has 7 heteroatoms. The van der Waals surface area contributed by atoms with E-state index in [1.165, 1.54) is 10.7 Å². The number of carboxylic acids is 1. The van der Waals surface area contributed by atoms with Gasteiger partial charge in [-0.1, -0.05) is 0 Å². The molecule has 3 heterocycles. The Bertz CT molecular complexity index is 723. The molecular weight excluding hydrogens is 262 g/mol. The molecule has 2 aromatic heterocycles. The van der Waals surface area contributed by atoms with E-state index in [2.05, 4.69) is 5.10 Å². The van der Waals surface area contributed by atoms with Crippen molar-refractivity contribution in [2.45, 2.75) is 39.3 Å². The molecule has 0 atom stereocenters. The van der Waals surface area contributed by atoms with Crippen molar-refractivity contribution < 1.29 is 14.3 Å². The van der Waals surface area contributed by atoms with E-state index in [1.807, 2.05) is 0 Å². The van der Waals surface area contributed by atoms with Crippen LogP contribution in [0.25, 0.3) is 0 Å². The van der Waals surface area contributed by atoms with E-state index in [1.54, 1.807) is 11.5 Å². The molecule has 0 fully saturated rings. The summed E-state index contributed by atoms with van der Waals surface area (Å²) in [4.78, 5) is 23.0. The number of aromatic nitrogens is 3. The average Bonchev–Trinajstić information content (AvgIpc) is 2.93. The second-order valence-electron chi connectivity index (χ2n) is 4.96. The van der Waals surface area contributed by atoms with Gasteiger partial charge in [0.15, 0.2) is 0 Å². The molecule has 0 amide bonds. The number of hydrogen-bond acceptors (Lipinski definition) is 4. The van der Waals surface area contributed by atoms with Crippen molar-refractivity contribution >= 4 is 5.97 Å². The largest absolute Gasteiger partial charge is 0.475 e. The zero-order valence-corrected chi connectivity index (χ0v) is 11.1. The molecule has 7 nitrogen and oxygen atoms in total. The summed E-state index contributed by atoms with van der Waals surface area (Å²) in [6.45, 7) is 2.63. The van der Waals surface area contributed by atoms with E-state index in [-0.39, 0.29) is 18.0 Å². The van der Waals surface area contributed by atoms with Crippen molar-refractivity contribution in [3.05, 3.63) is 39.5 Å². The van der Waals surface area contributed by atoms with Crippen LogP contribution in [-0.2, 0) is 19.5 Å². The van der Waals surface area contributed by atoms with E-state index >= 15 is 0 Å². The standard InChI is InChI=1S/C13H15N3O4/c1-8-9(6-10(20-8)12(17)18)7-16-13(19)15-5-3-2-4-11(15)14-16/h6H,2-5,7H2,1H3,(H,17,18). The van der Waals surface area contributed by atoms with Crippen molar-refractivity contribution in [1.29, 1.82) is 0 Å². The number of aromatic carboxylic acids is 1. The molecule has 1 aliphatic heterocycles. The Morgan fingerprint density at radius 1 is 1.50 bits per heavy atom. The maximum atomic E-state index is 12.2. The fourth-order valence-electron chi connectivity index (χ4n) is 2.50. The van der Waals surface area contributed by atoms with Crippen LogP contribution >= 0.6 is 0 Å². The van der Waals surface area contributed by atoms with Crippen LogP contribution in [0, 0.1) is 6.92 Å². The normalized spacial score (nSPS) is 14.2. The first-order valence-corrected chi connectivity index (χ1v) is 6.55. The van der Waals surface area contributed by atoms with Crippen LogP contribution in [-0.4, -0.2) is 25.4 Å². The topological polar surface area (TPSA) is 90.3 Å². The first-order valence-electron chi connectivity index (χ1n) is 6.55. The Balaban J connectivity index is 1.94. The highest BCUT2D eigenvalue weighted by Gasteiger charge is 2.19. The maximum absolute atomic E-state index is 12.2. The fraction of sp³-hybridized carbons (Fsp3) is 0.462. The minimum Gasteiger partial charge on any atom is -0.475 e. The molecule has 2 aromatic rings.